The maximum atomic E-state index is 12.6. The summed E-state index contributed by atoms with van der Waals surface area (Å²) in [5.41, 5.74) is 1.69. The number of ether oxygens (including phenoxy) is 2. The fourth-order valence-corrected chi connectivity index (χ4v) is 3.29. The van der Waals surface area contributed by atoms with Crippen LogP contribution in [-0.2, 0) is 10.0 Å². The molecule has 0 amide bonds. The molecule has 3 rings (SSSR count). The Bertz CT molecular complexity index is 990. The molecule has 8 heteroatoms. The van der Waals surface area contributed by atoms with Gasteiger partial charge in [-0.25, -0.2) is 8.42 Å². The highest BCUT2D eigenvalue weighted by Gasteiger charge is 2.17. The number of sulfonamides is 1. The summed E-state index contributed by atoms with van der Waals surface area (Å²) in [6, 6.07) is 9.36. The first-order chi connectivity index (χ1) is 11.5. The molecule has 0 spiro atoms. The Morgan fingerprint density at radius 2 is 1.58 bits per heavy atom. The van der Waals surface area contributed by atoms with Gasteiger partial charge < -0.3 is 9.47 Å². The van der Waals surface area contributed by atoms with E-state index in [4.69, 9.17) is 9.47 Å². The second-order valence-electron chi connectivity index (χ2n) is 4.88. The molecule has 0 saturated carbocycles. The number of methoxy groups -OCH3 is 2. The molecule has 0 aliphatic rings. The quantitative estimate of drug-likeness (QED) is 0.764. The van der Waals surface area contributed by atoms with Gasteiger partial charge in [0, 0.05) is 18.5 Å². The summed E-state index contributed by atoms with van der Waals surface area (Å²) in [5.74, 6) is 0.794. The van der Waals surface area contributed by atoms with Crippen LogP contribution in [0.1, 0.15) is 0 Å². The smallest absolute Gasteiger partial charge is 0.262 e. The Morgan fingerprint density at radius 3 is 2.29 bits per heavy atom. The third kappa shape index (κ3) is 3.09. The van der Waals surface area contributed by atoms with Crippen molar-refractivity contribution in [2.24, 2.45) is 0 Å². The minimum atomic E-state index is -3.77. The van der Waals surface area contributed by atoms with E-state index in [1.165, 1.54) is 26.4 Å². The van der Waals surface area contributed by atoms with Gasteiger partial charge in [-0.1, -0.05) is 0 Å². The minimum absolute atomic E-state index is 0.0689. The molecule has 1 N–H and O–H groups in total. The normalized spacial score (nSPS) is 11.2. The van der Waals surface area contributed by atoms with E-state index < -0.39 is 10.0 Å². The molecule has 0 bridgehead atoms. The van der Waals surface area contributed by atoms with E-state index >= 15 is 0 Å². The fourth-order valence-electron chi connectivity index (χ4n) is 2.22. The number of aromatic nitrogens is 2. The Morgan fingerprint density at radius 1 is 0.875 bits per heavy atom. The predicted octanol–water partition coefficient (Wildman–Crippen LogP) is 2.45. The van der Waals surface area contributed by atoms with Crippen molar-refractivity contribution in [1.82, 2.24) is 9.97 Å². The van der Waals surface area contributed by atoms with Crippen molar-refractivity contribution in [2.45, 2.75) is 4.90 Å². The van der Waals surface area contributed by atoms with Crippen LogP contribution in [0, 0.1) is 0 Å². The summed E-state index contributed by atoms with van der Waals surface area (Å²) in [5, 5.41) is 0. The summed E-state index contributed by atoms with van der Waals surface area (Å²) in [6.45, 7) is 0. The molecule has 1 aromatic heterocycles. The predicted molar refractivity (Wildman–Crippen MR) is 89.9 cm³/mol. The summed E-state index contributed by atoms with van der Waals surface area (Å²) in [6.07, 6.45) is 3.13. The van der Waals surface area contributed by atoms with Crippen LogP contribution in [0.5, 0.6) is 11.5 Å². The van der Waals surface area contributed by atoms with Gasteiger partial charge in [-0.05, 0) is 30.3 Å². The van der Waals surface area contributed by atoms with Crippen molar-refractivity contribution in [2.75, 3.05) is 18.9 Å². The second kappa shape index (κ2) is 6.32. The van der Waals surface area contributed by atoms with Crippen molar-refractivity contribution in [3.63, 3.8) is 0 Å². The molecule has 24 heavy (non-hydrogen) atoms. The third-order valence-electron chi connectivity index (χ3n) is 3.39. The molecule has 7 nitrogen and oxygen atoms in total. The molecule has 0 aliphatic carbocycles. The van der Waals surface area contributed by atoms with Gasteiger partial charge in [0.2, 0.25) is 0 Å². The van der Waals surface area contributed by atoms with E-state index in [-0.39, 0.29) is 4.90 Å². The van der Waals surface area contributed by atoms with E-state index in [1.807, 2.05) is 0 Å². The standard InChI is InChI=1S/C16H15N3O4S/c1-22-15-6-4-12(10-16(15)23-2)24(20,21)19-11-3-5-13-14(9-11)18-8-7-17-13/h3-10,19H,1-2H3. The molecular formula is C16H15N3O4S. The summed E-state index contributed by atoms with van der Waals surface area (Å²) in [7, 11) is -0.839. The average Bonchev–Trinajstić information content (AvgIpc) is 2.60. The number of nitrogens with one attached hydrogen (secondary N) is 1. The number of benzene rings is 2. The van der Waals surface area contributed by atoms with Crippen LogP contribution in [0.25, 0.3) is 11.0 Å². The van der Waals surface area contributed by atoms with Crippen LogP contribution < -0.4 is 14.2 Å². The van der Waals surface area contributed by atoms with Gasteiger partial charge in [-0.3, -0.25) is 14.7 Å². The molecule has 1 heterocycles. The molecule has 0 saturated heterocycles. The van der Waals surface area contributed by atoms with Crippen LogP contribution >= 0.6 is 0 Å². The first-order valence-corrected chi connectivity index (χ1v) is 8.47. The Hall–Kier alpha value is -2.87. The lowest BCUT2D eigenvalue weighted by atomic mass is 10.3. The SMILES string of the molecule is COc1ccc(S(=O)(=O)Nc2ccc3nccnc3c2)cc1OC. The van der Waals surface area contributed by atoms with E-state index in [9.17, 15) is 8.42 Å². The molecule has 2 aromatic carbocycles. The van der Waals surface area contributed by atoms with Crippen molar-refractivity contribution >= 4 is 26.7 Å². The summed E-state index contributed by atoms with van der Waals surface area (Å²) in [4.78, 5) is 8.38. The number of fused-ring (bicyclic) bond motifs is 1. The average molecular weight is 345 g/mol. The summed E-state index contributed by atoms with van der Waals surface area (Å²) < 4.78 is 37.9. The van der Waals surface area contributed by atoms with Gasteiger partial charge in [0.05, 0.1) is 35.8 Å². The van der Waals surface area contributed by atoms with Crippen LogP contribution in [0.3, 0.4) is 0 Å². The number of nitrogens with zero attached hydrogens (tertiary/aromatic N) is 2. The minimum Gasteiger partial charge on any atom is -0.493 e. The fraction of sp³-hybridized carbons (Fsp3) is 0.125. The maximum Gasteiger partial charge on any atom is 0.262 e. The number of rotatable bonds is 5. The van der Waals surface area contributed by atoms with Gasteiger partial charge in [0.15, 0.2) is 11.5 Å². The zero-order valence-corrected chi connectivity index (χ0v) is 13.9. The van der Waals surface area contributed by atoms with Crippen LogP contribution in [0.4, 0.5) is 5.69 Å². The zero-order chi connectivity index (χ0) is 17.2. The molecule has 0 radical (unpaired) electrons. The lowest BCUT2D eigenvalue weighted by molar-refractivity contribution is 0.354. The topological polar surface area (TPSA) is 90.4 Å². The summed E-state index contributed by atoms with van der Waals surface area (Å²) >= 11 is 0. The van der Waals surface area contributed by atoms with Crippen molar-refractivity contribution in [3.05, 3.63) is 48.8 Å². The molecule has 0 aliphatic heterocycles. The van der Waals surface area contributed by atoms with Gasteiger partial charge >= 0.3 is 0 Å². The lowest BCUT2D eigenvalue weighted by Gasteiger charge is -2.12. The van der Waals surface area contributed by atoms with E-state index in [0.717, 1.165) is 0 Å². The largest absolute Gasteiger partial charge is 0.493 e. The third-order valence-corrected chi connectivity index (χ3v) is 4.77. The van der Waals surface area contributed by atoms with Gasteiger partial charge in [-0.15, -0.1) is 0 Å². The van der Waals surface area contributed by atoms with Gasteiger partial charge in [0.1, 0.15) is 0 Å². The zero-order valence-electron chi connectivity index (χ0n) is 13.1. The number of hydrogen-bond donors (Lipinski definition) is 1. The molecular weight excluding hydrogens is 330 g/mol. The van der Waals surface area contributed by atoms with Crippen LogP contribution in [0.15, 0.2) is 53.7 Å². The number of anilines is 1. The molecule has 0 unspecified atom stereocenters. The molecule has 124 valence electrons. The van der Waals surface area contributed by atoms with Crippen molar-refractivity contribution < 1.29 is 17.9 Å². The highest BCUT2D eigenvalue weighted by atomic mass is 32.2. The maximum absolute atomic E-state index is 12.6. The first-order valence-electron chi connectivity index (χ1n) is 6.99. The van der Waals surface area contributed by atoms with Crippen LogP contribution in [0.2, 0.25) is 0 Å². The molecule has 0 atom stereocenters. The highest BCUT2D eigenvalue weighted by Crippen LogP contribution is 2.30. The Kier molecular flexibility index (Phi) is 4.22. The first kappa shape index (κ1) is 16.0. The monoisotopic (exact) mass is 345 g/mol. The Labute approximate surface area is 139 Å². The molecule has 0 fully saturated rings. The lowest BCUT2D eigenvalue weighted by Crippen LogP contribution is -2.13. The van der Waals surface area contributed by atoms with Crippen molar-refractivity contribution in [3.8, 4) is 11.5 Å². The second-order valence-corrected chi connectivity index (χ2v) is 6.56. The highest BCUT2D eigenvalue weighted by molar-refractivity contribution is 7.92. The van der Waals surface area contributed by atoms with Crippen LogP contribution in [-0.4, -0.2) is 32.6 Å². The van der Waals surface area contributed by atoms with Gasteiger partial charge in [0.25, 0.3) is 10.0 Å². The van der Waals surface area contributed by atoms with E-state index in [2.05, 4.69) is 14.7 Å². The molecule has 3 aromatic rings. The Balaban J connectivity index is 1.95. The van der Waals surface area contributed by atoms with E-state index in [1.54, 1.807) is 36.7 Å². The van der Waals surface area contributed by atoms with Crippen molar-refractivity contribution in [1.29, 1.82) is 0 Å². The number of hydrogen-bond acceptors (Lipinski definition) is 6. The van der Waals surface area contributed by atoms with E-state index in [0.29, 0.717) is 28.2 Å². The van der Waals surface area contributed by atoms with Gasteiger partial charge in [-0.2, -0.15) is 0 Å².